The lowest BCUT2D eigenvalue weighted by molar-refractivity contribution is 0.851. The van der Waals surface area contributed by atoms with Gasteiger partial charge in [-0.2, -0.15) is 0 Å². The monoisotopic (exact) mass is 283 g/mol. The molecule has 1 N–H and O–H groups in total. The van der Waals surface area contributed by atoms with E-state index < -0.39 is 0 Å². The number of aromatic nitrogens is 3. The fourth-order valence-corrected chi connectivity index (χ4v) is 2.29. The van der Waals surface area contributed by atoms with Gasteiger partial charge in [0, 0.05) is 44.5 Å². The third kappa shape index (κ3) is 3.48. The number of hydrogen-bond donors (Lipinski definition) is 1. The first-order valence-corrected chi connectivity index (χ1v) is 7.49. The molecule has 2 heterocycles. The fourth-order valence-electron chi connectivity index (χ4n) is 2.29. The molecule has 110 valence electrons. The van der Waals surface area contributed by atoms with Crippen LogP contribution in [0.1, 0.15) is 37.1 Å². The summed E-state index contributed by atoms with van der Waals surface area (Å²) in [5.74, 6) is 3.41. The van der Waals surface area contributed by atoms with Gasteiger partial charge in [-0.05, 0) is 31.4 Å². The molecule has 3 rings (SSSR count). The molecule has 0 atom stereocenters. The second-order valence-electron chi connectivity index (χ2n) is 5.49. The maximum Gasteiger partial charge on any atom is 0.136 e. The molecule has 1 aliphatic rings. The molecule has 0 amide bonds. The van der Waals surface area contributed by atoms with E-state index in [9.17, 15) is 0 Å². The van der Waals surface area contributed by atoms with Crippen molar-refractivity contribution in [2.75, 3.05) is 23.8 Å². The number of pyridine rings is 1. The lowest BCUT2D eigenvalue weighted by atomic mass is 10.2. The van der Waals surface area contributed by atoms with Crippen LogP contribution in [0.3, 0.4) is 0 Å². The van der Waals surface area contributed by atoms with Gasteiger partial charge in [-0.3, -0.25) is 4.98 Å². The van der Waals surface area contributed by atoms with E-state index in [1.54, 1.807) is 6.20 Å². The normalized spacial score (nSPS) is 14.0. The van der Waals surface area contributed by atoms with E-state index in [1.807, 2.05) is 18.3 Å². The molecule has 2 aromatic heterocycles. The molecule has 0 aromatic carbocycles. The molecule has 0 unspecified atom stereocenters. The van der Waals surface area contributed by atoms with Gasteiger partial charge < -0.3 is 10.2 Å². The van der Waals surface area contributed by atoms with Crippen molar-refractivity contribution in [3.63, 3.8) is 0 Å². The van der Waals surface area contributed by atoms with Crippen molar-refractivity contribution in [1.82, 2.24) is 15.0 Å². The summed E-state index contributed by atoms with van der Waals surface area (Å²) in [5.41, 5.74) is 1.18. The molecule has 1 fully saturated rings. The highest BCUT2D eigenvalue weighted by atomic mass is 15.2. The van der Waals surface area contributed by atoms with Crippen molar-refractivity contribution >= 4 is 11.6 Å². The van der Waals surface area contributed by atoms with E-state index in [-0.39, 0.29) is 0 Å². The molecular weight excluding hydrogens is 262 g/mol. The van der Waals surface area contributed by atoms with Crippen molar-refractivity contribution in [1.29, 1.82) is 0 Å². The van der Waals surface area contributed by atoms with Gasteiger partial charge in [0.1, 0.15) is 17.5 Å². The van der Waals surface area contributed by atoms with Crippen LogP contribution >= 0.6 is 0 Å². The Balaban J connectivity index is 1.82. The minimum absolute atomic E-state index is 0.550. The smallest absolute Gasteiger partial charge is 0.136 e. The molecule has 21 heavy (non-hydrogen) atoms. The molecule has 1 aliphatic carbocycles. The number of hydrogen-bond acceptors (Lipinski definition) is 5. The summed E-state index contributed by atoms with van der Waals surface area (Å²) in [6.07, 6.45) is 6.11. The Labute approximate surface area is 125 Å². The van der Waals surface area contributed by atoms with E-state index >= 15 is 0 Å². The molecule has 5 heteroatoms. The third-order valence-corrected chi connectivity index (χ3v) is 3.56. The zero-order chi connectivity index (χ0) is 14.7. The SMILES string of the molecule is CCNc1cc(N(C)Cc2cccnc2)nc(C2CC2)n1. The molecule has 5 nitrogen and oxygen atoms in total. The van der Waals surface area contributed by atoms with Gasteiger partial charge in [0.25, 0.3) is 0 Å². The van der Waals surface area contributed by atoms with Crippen LogP contribution in [0.4, 0.5) is 11.6 Å². The lowest BCUT2D eigenvalue weighted by Gasteiger charge is -2.19. The van der Waals surface area contributed by atoms with Gasteiger partial charge in [-0.25, -0.2) is 9.97 Å². The third-order valence-electron chi connectivity index (χ3n) is 3.56. The quantitative estimate of drug-likeness (QED) is 0.883. The molecule has 0 radical (unpaired) electrons. The standard InChI is InChI=1S/C16H21N5/c1-3-18-14-9-15(20-16(19-14)13-6-7-13)21(2)11-12-5-4-8-17-10-12/h4-5,8-10,13H,3,6-7,11H2,1-2H3,(H,18,19,20). The Morgan fingerprint density at radius 1 is 1.33 bits per heavy atom. The van der Waals surface area contributed by atoms with Gasteiger partial charge >= 0.3 is 0 Å². The zero-order valence-electron chi connectivity index (χ0n) is 12.6. The van der Waals surface area contributed by atoms with Crippen molar-refractivity contribution in [3.8, 4) is 0 Å². The van der Waals surface area contributed by atoms with E-state index in [4.69, 9.17) is 4.98 Å². The maximum atomic E-state index is 4.73. The molecule has 0 saturated heterocycles. The highest BCUT2D eigenvalue weighted by Gasteiger charge is 2.27. The summed E-state index contributed by atoms with van der Waals surface area (Å²) in [6.45, 7) is 3.74. The molecule has 0 aliphatic heterocycles. The number of nitrogens with zero attached hydrogens (tertiary/aromatic N) is 4. The summed E-state index contributed by atoms with van der Waals surface area (Å²) in [7, 11) is 2.06. The topological polar surface area (TPSA) is 53.9 Å². The van der Waals surface area contributed by atoms with Crippen molar-refractivity contribution < 1.29 is 0 Å². The van der Waals surface area contributed by atoms with Gasteiger partial charge in [0.15, 0.2) is 0 Å². The van der Waals surface area contributed by atoms with Gasteiger partial charge in [0.05, 0.1) is 0 Å². The van der Waals surface area contributed by atoms with Crippen LogP contribution in [0.5, 0.6) is 0 Å². The summed E-state index contributed by atoms with van der Waals surface area (Å²) in [5, 5.41) is 3.30. The second-order valence-corrected chi connectivity index (χ2v) is 5.49. The minimum Gasteiger partial charge on any atom is -0.370 e. The Hall–Kier alpha value is -2.17. The molecule has 0 bridgehead atoms. The molecular formula is C16H21N5. The average molecular weight is 283 g/mol. The second kappa shape index (κ2) is 6.08. The summed E-state index contributed by atoms with van der Waals surface area (Å²) in [4.78, 5) is 15.6. The predicted molar refractivity (Wildman–Crippen MR) is 84.5 cm³/mol. The largest absolute Gasteiger partial charge is 0.370 e. The summed E-state index contributed by atoms with van der Waals surface area (Å²) >= 11 is 0. The van der Waals surface area contributed by atoms with Crippen LogP contribution in [0.2, 0.25) is 0 Å². The van der Waals surface area contributed by atoms with E-state index in [1.165, 1.54) is 18.4 Å². The van der Waals surface area contributed by atoms with Crippen LogP contribution in [-0.4, -0.2) is 28.5 Å². The van der Waals surface area contributed by atoms with Crippen LogP contribution in [0, 0.1) is 0 Å². The highest BCUT2D eigenvalue weighted by Crippen LogP contribution is 2.39. The molecule has 2 aromatic rings. The van der Waals surface area contributed by atoms with E-state index in [0.717, 1.165) is 30.5 Å². The van der Waals surface area contributed by atoms with Crippen molar-refractivity contribution in [3.05, 3.63) is 42.0 Å². The maximum absolute atomic E-state index is 4.73. The Bertz CT molecular complexity index is 595. The van der Waals surface area contributed by atoms with E-state index in [0.29, 0.717) is 5.92 Å². The first kappa shape index (κ1) is 13.8. The number of rotatable bonds is 6. The highest BCUT2D eigenvalue weighted by molar-refractivity contribution is 5.49. The van der Waals surface area contributed by atoms with Crippen LogP contribution in [-0.2, 0) is 6.54 Å². The van der Waals surface area contributed by atoms with Crippen molar-refractivity contribution in [2.24, 2.45) is 0 Å². The van der Waals surface area contributed by atoms with Crippen LogP contribution < -0.4 is 10.2 Å². The lowest BCUT2D eigenvalue weighted by Crippen LogP contribution is -2.19. The molecule has 1 saturated carbocycles. The minimum atomic E-state index is 0.550. The first-order chi connectivity index (χ1) is 10.3. The molecule has 0 spiro atoms. The average Bonchev–Trinajstić information content (AvgIpc) is 3.33. The van der Waals surface area contributed by atoms with E-state index in [2.05, 4.69) is 40.2 Å². The van der Waals surface area contributed by atoms with Crippen molar-refractivity contribution in [2.45, 2.75) is 32.2 Å². The summed E-state index contributed by atoms with van der Waals surface area (Å²) in [6, 6.07) is 6.06. The number of nitrogens with one attached hydrogen (secondary N) is 1. The fraction of sp³-hybridized carbons (Fsp3) is 0.438. The number of anilines is 2. The van der Waals surface area contributed by atoms with Gasteiger partial charge in [0.2, 0.25) is 0 Å². The summed E-state index contributed by atoms with van der Waals surface area (Å²) < 4.78 is 0. The van der Waals surface area contributed by atoms with Gasteiger partial charge in [-0.1, -0.05) is 6.07 Å². The van der Waals surface area contributed by atoms with Crippen LogP contribution in [0.15, 0.2) is 30.6 Å². The Morgan fingerprint density at radius 3 is 2.86 bits per heavy atom. The van der Waals surface area contributed by atoms with Gasteiger partial charge in [-0.15, -0.1) is 0 Å². The van der Waals surface area contributed by atoms with Crippen LogP contribution in [0.25, 0.3) is 0 Å². The predicted octanol–water partition coefficient (Wildman–Crippen LogP) is 2.82. The zero-order valence-corrected chi connectivity index (χ0v) is 12.6. The first-order valence-electron chi connectivity index (χ1n) is 7.49. The Morgan fingerprint density at radius 2 is 2.19 bits per heavy atom. The Kier molecular flexibility index (Phi) is 3.99.